The lowest BCUT2D eigenvalue weighted by Gasteiger charge is -2.61. The minimum absolute atomic E-state index is 0.123. The van der Waals surface area contributed by atoms with Crippen LogP contribution in [0.1, 0.15) is 94.9 Å². The molecule has 0 aromatic heterocycles. The van der Waals surface area contributed by atoms with E-state index in [1.807, 2.05) is 0 Å². The molecule has 6 aliphatic rings. The number of anilines is 3. The van der Waals surface area contributed by atoms with Gasteiger partial charge in [0.15, 0.2) is 0 Å². The van der Waals surface area contributed by atoms with Crippen LogP contribution < -0.4 is 4.90 Å². The minimum Gasteiger partial charge on any atom is -0.310 e. The number of hydrogen-bond donors (Lipinski definition) is 0. The van der Waals surface area contributed by atoms with Crippen LogP contribution in [0.3, 0.4) is 0 Å². The molecule has 1 nitrogen and oxygen atoms in total. The van der Waals surface area contributed by atoms with E-state index in [0.29, 0.717) is 0 Å². The largest absolute Gasteiger partial charge is 0.310 e. The van der Waals surface area contributed by atoms with Gasteiger partial charge in [0.1, 0.15) is 0 Å². The van der Waals surface area contributed by atoms with Crippen LogP contribution in [0.2, 0.25) is 0 Å². The second-order valence-electron chi connectivity index (χ2n) is 20.4. The zero-order valence-corrected chi connectivity index (χ0v) is 35.1. The molecule has 0 amide bonds. The first-order valence-electron chi connectivity index (χ1n) is 22.6. The SMILES string of the molecule is CC1(C)CCC(C)(C)c2c(-c3ccc(N(c4ccc(-c5ccc6ccccc6c5)cc4)c4ccc5c(c4)C4(c6ccccc6-5)C5CC6CC(C5)CC4C6)cc3)cccc21. The molecule has 4 bridgehead atoms. The Kier molecular flexibility index (Phi) is 7.71. The summed E-state index contributed by atoms with van der Waals surface area (Å²) in [5, 5.41) is 2.56. The number of nitrogens with zero attached hydrogens (tertiary/aromatic N) is 1. The lowest BCUT2D eigenvalue weighted by Crippen LogP contribution is -2.55. The Morgan fingerprint density at radius 3 is 1.69 bits per heavy atom. The molecule has 4 fully saturated rings. The van der Waals surface area contributed by atoms with E-state index in [0.717, 1.165) is 23.7 Å². The van der Waals surface area contributed by atoms with Gasteiger partial charge in [0, 0.05) is 22.5 Å². The van der Waals surface area contributed by atoms with Gasteiger partial charge in [-0.15, -0.1) is 0 Å². The third kappa shape index (κ3) is 5.29. The second kappa shape index (κ2) is 12.8. The molecule has 1 spiro atoms. The predicted octanol–water partition coefficient (Wildman–Crippen LogP) is 15.7. The van der Waals surface area contributed by atoms with Crippen LogP contribution in [0, 0.1) is 23.7 Å². The van der Waals surface area contributed by atoms with Crippen molar-refractivity contribution in [3.8, 4) is 33.4 Å². The van der Waals surface area contributed by atoms with Gasteiger partial charge in [0.25, 0.3) is 0 Å². The Hall–Kier alpha value is -5.40. The van der Waals surface area contributed by atoms with Gasteiger partial charge in [-0.1, -0.05) is 137 Å². The molecule has 0 saturated heterocycles. The smallest absolute Gasteiger partial charge is 0.0465 e. The van der Waals surface area contributed by atoms with E-state index in [9.17, 15) is 0 Å². The van der Waals surface area contributed by atoms with Crippen LogP contribution in [0.25, 0.3) is 44.2 Å². The first-order chi connectivity index (χ1) is 28.7. The van der Waals surface area contributed by atoms with Crippen molar-refractivity contribution in [2.24, 2.45) is 23.7 Å². The van der Waals surface area contributed by atoms with Gasteiger partial charge in [-0.2, -0.15) is 0 Å². The predicted molar refractivity (Wildman–Crippen MR) is 248 cm³/mol. The summed E-state index contributed by atoms with van der Waals surface area (Å²) >= 11 is 0. The highest BCUT2D eigenvalue weighted by Gasteiger charge is 2.61. The Bertz CT molecular complexity index is 2750. The maximum absolute atomic E-state index is 2.64. The topological polar surface area (TPSA) is 3.24 Å². The molecule has 7 aromatic carbocycles. The summed E-state index contributed by atoms with van der Waals surface area (Å²) in [6.45, 7) is 9.76. The second-order valence-corrected chi connectivity index (χ2v) is 20.4. The monoisotopic (exact) mass is 765 g/mol. The fourth-order valence-electron chi connectivity index (χ4n) is 13.7. The molecule has 6 aliphatic carbocycles. The molecule has 0 heterocycles. The van der Waals surface area contributed by atoms with E-state index in [1.165, 1.54) is 117 Å². The summed E-state index contributed by atoms with van der Waals surface area (Å²) in [5.74, 6) is 3.31. The summed E-state index contributed by atoms with van der Waals surface area (Å²) in [7, 11) is 0. The molecule has 1 heteroatoms. The molecular formula is C58H55N. The molecule has 59 heavy (non-hydrogen) atoms. The van der Waals surface area contributed by atoms with Crippen molar-refractivity contribution in [2.45, 2.75) is 88.9 Å². The van der Waals surface area contributed by atoms with Crippen LogP contribution in [0.15, 0.2) is 152 Å². The average Bonchev–Trinajstić information content (AvgIpc) is 3.54. The summed E-state index contributed by atoms with van der Waals surface area (Å²) in [5.41, 5.74) is 18.5. The lowest BCUT2D eigenvalue weighted by molar-refractivity contribution is -0.0399. The van der Waals surface area contributed by atoms with Gasteiger partial charge in [-0.3, -0.25) is 0 Å². The van der Waals surface area contributed by atoms with E-state index in [1.54, 1.807) is 11.1 Å². The quantitative estimate of drug-likeness (QED) is 0.169. The van der Waals surface area contributed by atoms with Crippen LogP contribution in [-0.4, -0.2) is 0 Å². The van der Waals surface area contributed by atoms with Crippen LogP contribution in [0.4, 0.5) is 17.1 Å². The number of benzene rings is 7. The van der Waals surface area contributed by atoms with Crippen molar-refractivity contribution in [3.05, 3.63) is 174 Å². The molecular weight excluding hydrogens is 711 g/mol. The lowest BCUT2D eigenvalue weighted by atomic mass is 9.43. The average molecular weight is 766 g/mol. The molecule has 0 aliphatic heterocycles. The minimum atomic E-state index is 0.123. The summed E-state index contributed by atoms with van der Waals surface area (Å²) in [6.07, 6.45) is 9.47. The van der Waals surface area contributed by atoms with E-state index in [2.05, 4.69) is 184 Å². The maximum Gasteiger partial charge on any atom is 0.0465 e. The summed E-state index contributed by atoms with van der Waals surface area (Å²) in [6, 6.07) is 58.5. The molecule has 4 saturated carbocycles. The van der Waals surface area contributed by atoms with Crippen molar-refractivity contribution in [1.29, 1.82) is 0 Å². The summed E-state index contributed by atoms with van der Waals surface area (Å²) in [4.78, 5) is 2.54. The first-order valence-corrected chi connectivity index (χ1v) is 22.6. The third-order valence-corrected chi connectivity index (χ3v) is 16.3. The van der Waals surface area contributed by atoms with E-state index < -0.39 is 0 Å². The fourth-order valence-corrected chi connectivity index (χ4v) is 13.7. The number of rotatable bonds is 5. The maximum atomic E-state index is 2.64. The molecule has 0 N–H and O–H groups in total. The molecule has 0 radical (unpaired) electrons. The van der Waals surface area contributed by atoms with Crippen molar-refractivity contribution < 1.29 is 0 Å². The van der Waals surface area contributed by atoms with Crippen molar-refractivity contribution in [3.63, 3.8) is 0 Å². The van der Waals surface area contributed by atoms with Crippen molar-refractivity contribution in [2.75, 3.05) is 4.90 Å². The van der Waals surface area contributed by atoms with Crippen molar-refractivity contribution >= 4 is 27.8 Å². The van der Waals surface area contributed by atoms with E-state index in [-0.39, 0.29) is 16.2 Å². The summed E-state index contributed by atoms with van der Waals surface area (Å²) < 4.78 is 0. The highest BCUT2D eigenvalue weighted by atomic mass is 15.1. The van der Waals surface area contributed by atoms with Gasteiger partial charge < -0.3 is 4.90 Å². The molecule has 292 valence electrons. The number of fused-ring (bicyclic) bond motifs is 5. The van der Waals surface area contributed by atoms with Crippen LogP contribution in [-0.2, 0) is 16.2 Å². The Morgan fingerprint density at radius 2 is 0.966 bits per heavy atom. The van der Waals surface area contributed by atoms with Crippen LogP contribution >= 0.6 is 0 Å². The van der Waals surface area contributed by atoms with Gasteiger partial charge in [0.05, 0.1) is 0 Å². The van der Waals surface area contributed by atoms with E-state index >= 15 is 0 Å². The first kappa shape index (κ1) is 35.5. The Balaban J connectivity index is 0.998. The van der Waals surface area contributed by atoms with Gasteiger partial charge in [-0.05, 0) is 188 Å². The van der Waals surface area contributed by atoms with E-state index in [4.69, 9.17) is 0 Å². The molecule has 7 aromatic rings. The normalized spacial score (nSPS) is 25.2. The van der Waals surface area contributed by atoms with Gasteiger partial charge in [-0.25, -0.2) is 0 Å². The highest BCUT2D eigenvalue weighted by Crippen LogP contribution is 2.69. The Labute approximate surface area is 351 Å². The molecule has 0 unspecified atom stereocenters. The van der Waals surface area contributed by atoms with Gasteiger partial charge >= 0.3 is 0 Å². The van der Waals surface area contributed by atoms with Crippen LogP contribution in [0.5, 0.6) is 0 Å². The number of hydrogen-bond acceptors (Lipinski definition) is 1. The molecule has 13 rings (SSSR count). The zero-order valence-electron chi connectivity index (χ0n) is 35.1. The fraction of sp³-hybridized carbons (Fsp3) is 0.310. The van der Waals surface area contributed by atoms with Gasteiger partial charge in [0.2, 0.25) is 0 Å². The third-order valence-electron chi connectivity index (χ3n) is 16.3. The zero-order chi connectivity index (χ0) is 39.7. The van der Waals surface area contributed by atoms with Crippen molar-refractivity contribution in [1.82, 2.24) is 0 Å². The Morgan fingerprint density at radius 1 is 0.407 bits per heavy atom. The highest BCUT2D eigenvalue weighted by molar-refractivity contribution is 5.89. The standard InChI is InChI=1S/C58H55N/c1-56(2)28-29-57(3,4)55-49(13-9-15-53(55)56)41-20-24-47(25-21-41)59(46-22-18-40(19-23-46)43-17-16-39-10-5-6-11-42(39)35-43)48-26-27-51-50-12-7-8-14-52(50)58(54(51)36-48)44-31-37-30-38(33-44)34-45(58)32-37/h5-27,35-38,44-45H,28-34H2,1-4H3. The molecule has 0 atom stereocenters.